The molecule has 0 fully saturated rings. The predicted molar refractivity (Wildman–Crippen MR) is 128 cm³/mol. The van der Waals surface area contributed by atoms with Gasteiger partial charge in [-0.3, -0.25) is 0 Å². The Morgan fingerprint density at radius 3 is 1.48 bits per heavy atom. The molecule has 0 bridgehead atoms. The molecule has 0 atom stereocenters. The van der Waals surface area contributed by atoms with Gasteiger partial charge in [-0.15, -0.1) is 0 Å². The van der Waals surface area contributed by atoms with E-state index in [9.17, 15) is 0 Å². The summed E-state index contributed by atoms with van der Waals surface area (Å²) in [5, 5.41) is 0. The Hall–Kier alpha value is -2.43. The highest BCUT2D eigenvalue weighted by atomic mass is 79.9. The summed E-state index contributed by atoms with van der Waals surface area (Å²) in [7, 11) is 4.10. The first-order chi connectivity index (χ1) is 14.0. The highest BCUT2D eigenvalue weighted by Gasteiger charge is 2.17. The van der Waals surface area contributed by atoms with Crippen molar-refractivity contribution >= 4 is 49.1 Å². The molecule has 2 aliphatic rings. The third kappa shape index (κ3) is 4.60. The van der Waals surface area contributed by atoms with Gasteiger partial charge < -0.3 is 4.74 Å². The second-order valence-corrected chi connectivity index (χ2v) is 8.86. The highest BCUT2D eigenvalue weighted by Crippen LogP contribution is 2.34. The molecule has 1 aliphatic heterocycles. The summed E-state index contributed by atoms with van der Waals surface area (Å²) in [6.45, 7) is 0. The average molecular weight is 510 g/mol. The first-order valence-corrected chi connectivity index (χ1v) is 10.9. The number of halogens is 2. The van der Waals surface area contributed by atoms with E-state index in [1.54, 1.807) is 0 Å². The van der Waals surface area contributed by atoms with Crippen LogP contribution in [0.5, 0.6) is 0 Å². The molecule has 0 radical (unpaired) electrons. The van der Waals surface area contributed by atoms with Gasteiger partial charge in [-0.25, -0.2) is 4.58 Å². The van der Waals surface area contributed by atoms with Crippen LogP contribution in [-0.2, 0) is 4.74 Å². The fourth-order valence-corrected chi connectivity index (χ4v) is 3.66. The van der Waals surface area contributed by atoms with Crippen LogP contribution in [0.25, 0.3) is 11.5 Å². The SMILES string of the molecule is C[N+](C)=C1C=CC(=C2C=C(c3ccc(Br)cc3)OC(c3ccc(Br)cc3)=C2)C=C1. The maximum absolute atomic E-state index is 6.31. The largest absolute Gasteiger partial charge is 0.456 e. The van der Waals surface area contributed by atoms with Gasteiger partial charge in [-0.05, 0) is 59.7 Å². The lowest BCUT2D eigenvalue weighted by Gasteiger charge is -2.20. The number of hydrogen-bond donors (Lipinski definition) is 0. The summed E-state index contributed by atoms with van der Waals surface area (Å²) in [6, 6.07) is 16.4. The zero-order valence-corrected chi connectivity index (χ0v) is 19.4. The number of hydrogen-bond acceptors (Lipinski definition) is 1. The summed E-state index contributed by atoms with van der Waals surface area (Å²) >= 11 is 7.01. The number of benzene rings is 2. The minimum atomic E-state index is 0.838. The quantitative estimate of drug-likeness (QED) is 0.407. The average Bonchev–Trinajstić information content (AvgIpc) is 2.74. The highest BCUT2D eigenvalue weighted by molar-refractivity contribution is 9.10. The summed E-state index contributed by atoms with van der Waals surface area (Å²) in [6.07, 6.45) is 12.8. The second-order valence-electron chi connectivity index (χ2n) is 7.03. The van der Waals surface area contributed by atoms with Gasteiger partial charge >= 0.3 is 0 Å². The van der Waals surface area contributed by atoms with Gasteiger partial charge in [0.1, 0.15) is 25.6 Å². The van der Waals surface area contributed by atoms with E-state index in [-0.39, 0.29) is 0 Å². The van der Waals surface area contributed by atoms with Crippen LogP contribution in [0.4, 0.5) is 0 Å². The molecule has 2 nitrogen and oxygen atoms in total. The Morgan fingerprint density at radius 1 is 0.621 bits per heavy atom. The predicted octanol–water partition coefficient (Wildman–Crippen LogP) is 6.76. The molecule has 0 aromatic heterocycles. The van der Waals surface area contributed by atoms with Crippen LogP contribution in [-0.4, -0.2) is 24.4 Å². The van der Waals surface area contributed by atoms with Crippen molar-refractivity contribution in [3.8, 4) is 0 Å². The lowest BCUT2D eigenvalue weighted by Crippen LogP contribution is -2.10. The van der Waals surface area contributed by atoms with Crippen molar-refractivity contribution in [3.05, 3.63) is 116 Å². The third-order valence-corrected chi connectivity index (χ3v) is 5.82. The van der Waals surface area contributed by atoms with Crippen molar-refractivity contribution in [1.82, 2.24) is 0 Å². The maximum Gasteiger partial charge on any atom is 0.199 e. The molecule has 4 rings (SSSR count). The minimum Gasteiger partial charge on any atom is -0.456 e. The van der Waals surface area contributed by atoms with Crippen molar-refractivity contribution in [1.29, 1.82) is 0 Å². The number of rotatable bonds is 2. The summed E-state index contributed by atoms with van der Waals surface area (Å²) in [4.78, 5) is 0. The molecule has 0 amide bonds. The van der Waals surface area contributed by atoms with E-state index in [0.717, 1.165) is 42.7 Å². The normalized spacial score (nSPS) is 15.8. The zero-order chi connectivity index (χ0) is 20.4. The molecule has 2 aromatic rings. The van der Waals surface area contributed by atoms with Gasteiger partial charge in [-0.2, -0.15) is 0 Å². The van der Waals surface area contributed by atoms with Crippen molar-refractivity contribution < 1.29 is 9.31 Å². The Morgan fingerprint density at radius 2 is 1.07 bits per heavy atom. The molecule has 4 heteroatoms. The molecule has 2 aromatic carbocycles. The zero-order valence-electron chi connectivity index (χ0n) is 16.2. The number of ether oxygens (including phenoxy) is 1. The maximum atomic E-state index is 6.31. The van der Waals surface area contributed by atoms with E-state index in [1.807, 2.05) is 38.4 Å². The molecule has 1 heterocycles. The molecule has 29 heavy (non-hydrogen) atoms. The first kappa shape index (κ1) is 19.9. The monoisotopic (exact) mass is 508 g/mol. The number of nitrogens with zero attached hydrogens (tertiary/aromatic N) is 1. The van der Waals surface area contributed by atoms with Gasteiger partial charge in [0.2, 0.25) is 0 Å². The van der Waals surface area contributed by atoms with Crippen molar-refractivity contribution in [3.63, 3.8) is 0 Å². The van der Waals surface area contributed by atoms with E-state index in [0.29, 0.717) is 0 Å². The van der Waals surface area contributed by atoms with Crippen LogP contribution in [0.15, 0.2) is 105 Å². The Balaban J connectivity index is 1.80. The van der Waals surface area contributed by atoms with Gasteiger partial charge in [0.15, 0.2) is 5.71 Å². The van der Waals surface area contributed by atoms with E-state index in [1.165, 1.54) is 5.71 Å². The van der Waals surface area contributed by atoms with E-state index >= 15 is 0 Å². The van der Waals surface area contributed by atoms with Gasteiger partial charge in [0.25, 0.3) is 0 Å². The molecular weight excluding hydrogens is 490 g/mol. The van der Waals surface area contributed by atoms with Gasteiger partial charge in [0.05, 0.1) is 0 Å². The Bertz CT molecular complexity index is 1040. The van der Waals surface area contributed by atoms with Crippen LogP contribution < -0.4 is 0 Å². The van der Waals surface area contributed by atoms with Crippen molar-refractivity contribution in [2.75, 3.05) is 14.1 Å². The van der Waals surface area contributed by atoms with E-state index in [2.05, 4.69) is 97.2 Å². The second kappa shape index (κ2) is 8.52. The van der Waals surface area contributed by atoms with Crippen LogP contribution in [0, 0.1) is 0 Å². The molecule has 0 unspecified atom stereocenters. The molecule has 144 valence electrons. The summed E-state index contributed by atoms with van der Waals surface area (Å²) in [5.74, 6) is 1.68. The Labute approximate surface area is 188 Å². The fraction of sp³-hybridized carbons (Fsp3) is 0.0800. The fourth-order valence-electron chi connectivity index (χ4n) is 3.13. The van der Waals surface area contributed by atoms with Crippen LogP contribution in [0.1, 0.15) is 11.1 Å². The van der Waals surface area contributed by atoms with Gasteiger partial charge in [-0.1, -0.05) is 56.1 Å². The van der Waals surface area contributed by atoms with E-state index in [4.69, 9.17) is 4.74 Å². The van der Waals surface area contributed by atoms with Crippen molar-refractivity contribution in [2.45, 2.75) is 0 Å². The molecule has 0 N–H and O–H groups in total. The lowest BCUT2D eigenvalue weighted by atomic mass is 9.97. The topological polar surface area (TPSA) is 12.2 Å². The molecule has 0 spiro atoms. The van der Waals surface area contributed by atoms with Crippen LogP contribution in [0.2, 0.25) is 0 Å². The summed E-state index contributed by atoms with van der Waals surface area (Å²) in [5.41, 5.74) is 5.53. The molecule has 0 saturated carbocycles. The molecule has 1 aliphatic carbocycles. The third-order valence-electron chi connectivity index (χ3n) is 4.77. The van der Waals surface area contributed by atoms with Crippen LogP contribution >= 0.6 is 31.9 Å². The van der Waals surface area contributed by atoms with E-state index < -0.39 is 0 Å². The van der Waals surface area contributed by atoms with Gasteiger partial charge in [0, 0.05) is 32.2 Å². The lowest BCUT2D eigenvalue weighted by molar-refractivity contribution is -0.462. The smallest absolute Gasteiger partial charge is 0.199 e. The van der Waals surface area contributed by atoms with Crippen LogP contribution in [0.3, 0.4) is 0 Å². The summed E-state index contributed by atoms with van der Waals surface area (Å²) < 4.78 is 10.5. The molecular formula is C25H20Br2NO+. The Kier molecular flexibility index (Phi) is 5.84. The number of allylic oxidation sites excluding steroid dienone is 8. The first-order valence-electron chi connectivity index (χ1n) is 9.27. The van der Waals surface area contributed by atoms with Crippen molar-refractivity contribution in [2.24, 2.45) is 0 Å². The standard InChI is InChI=1S/C25H20Br2NO/c1-28(2)23-13-7-17(8-14-23)20-15-24(18-3-9-21(26)10-4-18)29-25(16-20)19-5-11-22(27)12-6-19/h3-16H,1-2H3/q+1. The minimum absolute atomic E-state index is 0.838. The molecule has 0 saturated heterocycles.